The van der Waals surface area contributed by atoms with Gasteiger partial charge in [-0.15, -0.1) is 0 Å². The van der Waals surface area contributed by atoms with Gasteiger partial charge >= 0.3 is 0 Å². The van der Waals surface area contributed by atoms with Gasteiger partial charge in [-0.3, -0.25) is 10.1 Å². The van der Waals surface area contributed by atoms with Gasteiger partial charge in [0, 0.05) is 12.6 Å². The first kappa shape index (κ1) is 14.5. The molecule has 4 nitrogen and oxygen atoms in total. The van der Waals surface area contributed by atoms with E-state index in [2.05, 4.69) is 17.1 Å². The first-order valence-corrected chi connectivity index (χ1v) is 8.07. The number of benzene rings is 1. The molecular weight excluding hydrogens is 262 g/mol. The molecule has 114 valence electrons. The van der Waals surface area contributed by atoms with Gasteiger partial charge in [-0.1, -0.05) is 36.8 Å². The van der Waals surface area contributed by atoms with Crippen LogP contribution >= 0.6 is 0 Å². The Morgan fingerprint density at radius 2 is 1.90 bits per heavy atom. The van der Waals surface area contributed by atoms with Crippen LogP contribution in [0, 0.1) is 0 Å². The van der Waals surface area contributed by atoms with Crippen molar-refractivity contribution in [2.45, 2.75) is 38.3 Å². The summed E-state index contributed by atoms with van der Waals surface area (Å²) < 4.78 is 0. The number of rotatable bonds is 4. The number of piperidine rings is 1. The van der Waals surface area contributed by atoms with Crippen LogP contribution in [0.2, 0.25) is 0 Å². The summed E-state index contributed by atoms with van der Waals surface area (Å²) in [4.78, 5) is 17.1. The molecule has 0 aromatic heterocycles. The van der Waals surface area contributed by atoms with Gasteiger partial charge in [-0.05, 0) is 38.4 Å². The lowest BCUT2D eigenvalue weighted by molar-refractivity contribution is -0.131. The molecular formula is C17H25N3O. The number of hydrogen-bond acceptors (Lipinski definition) is 3. The zero-order valence-corrected chi connectivity index (χ0v) is 12.8. The molecule has 4 heteroatoms. The Morgan fingerprint density at radius 1 is 1.19 bits per heavy atom. The van der Waals surface area contributed by atoms with Crippen molar-refractivity contribution in [3.05, 3.63) is 35.9 Å². The fourth-order valence-electron chi connectivity index (χ4n) is 3.41. The summed E-state index contributed by atoms with van der Waals surface area (Å²) >= 11 is 0. The van der Waals surface area contributed by atoms with Gasteiger partial charge in [0.2, 0.25) is 5.91 Å². The molecule has 2 saturated heterocycles. The summed E-state index contributed by atoms with van der Waals surface area (Å²) in [6.07, 6.45) is 3.95. The van der Waals surface area contributed by atoms with Crippen LogP contribution in [0.4, 0.5) is 0 Å². The minimum absolute atomic E-state index is 0.171. The van der Waals surface area contributed by atoms with Crippen molar-refractivity contribution in [1.29, 1.82) is 0 Å². The molecule has 3 rings (SSSR count). The summed E-state index contributed by atoms with van der Waals surface area (Å²) in [6, 6.07) is 10.1. The number of hydrogen-bond donors (Lipinski definition) is 1. The number of amides is 1. The molecule has 2 fully saturated rings. The van der Waals surface area contributed by atoms with Crippen LogP contribution in [0.1, 0.15) is 37.8 Å². The normalized spacial score (nSPS) is 25.3. The molecule has 1 amide bonds. The van der Waals surface area contributed by atoms with Gasteiger partial charge in [-0.2, -0.15) is 0 Å². The predicted molar refractivity (Wildman–Crippen MR) is 83.8 cm³/mol. The highest BCUT2D eigenvalue weighted by Gasteiger charge is 2.35. The topological polar surface area (TPSA) is 35.6 Å². The van der Waals surface area contributed by atoms with Crippen molar-refractivity contribution in [1.82, 2.24) is 15.1 Å². The van der Waals surface area contributed by atoms with Gasteiger partial charge in [0.1, 0.15) is 6.04 Å². The SMILES string of the molecule is CC(CN1CCCCC1)N1CNC(c2ccccc2)C1=O. The maximum Gasteiger partial charge on any atom is 0.245 e. The molecule has 1 aromatic rings. The highest BCUT2D eigenvalue weighted by Crippen LogP contribution is 2.22. The molecule has 0 bridgehead atoms. The summed E-state index contributed by atoms with van der Waals surface area (Å²) in [7, 11) is 0. The molecule has 2 aliphatic heterocycles. The van der Waals surface area contributed by atoms with Crippen LogP contribution in [-0.2, 0) is 4.79 Å². The van der Waals surface area contributed by atoms with E-state index in [4.69, 9.17) is 0 Å². The second kappa shape index (κ2) is 6.58. The van der Waals surface area contributed by atoms with Crippen LogP contribution in [0.3, 0.4) is 0 Å². The Morgan fingerprint density at radius 3 is 2.62 bits per heavy atom. The van der Waals surface area contributed by atoms with E-state index in [0.717, 1.165) is 12.1 Å². The van der Waals surface area contributed by atoms with Gasteiger partial charge in [-0.25, -0.2) is 0 Å². The van der Waals surface area contributed by atoms with E-state index in [-0.39, 0.29) is 18.0 Å². The van der Waals surface area contributed by atoms with Crippen LogP contribution in [0.25, 0.3) is 0 Å². The van der Waals surface area contributed by atoms with Crippen LogP contribution in [0.15, 0.2) is 30.3 Å². The van der Waals surface area contributed by atoms with E-state index in [0.29, 0.717) is 6.67 Å². The van der Waals surface area contributed by atoms with Crippen molar-refractivity contribution in [2.24, 2.45) is 0 Å². The molecule has 0 spiro atoms. The molecule has 0 radical (unpaired) electrons. The lowest BCUT2D eigenvalue weighted by Crippen LogP contribution is -2.45. The van der Waals surface area contributed by atoms with E-state index < -0.39 is 0 Å². The van der Waals surface area contributed by atoms with E-state index in [1.54, 1.807) is 0 Å². The lowest BCUT2D eigenvalue weighted by atomic mass is 10.1. The van der Waals surface area contributed by atoms with Crippen molar-refractivity contribution in [3.63, 3.8) is 0 Å². The predicted octanol–water partition coefficient (Wildman–Crippen LogP) is 1.99. The Balaban J connectivity index is 1.60. The van der Waals surface area contributed by atoms with Crippen molar-refractivity contribution < 1.29 is 4.79 Å². The van der Waals surface area contributed by atoms with E-state index in [1.165, 1.54) is 32.4 Å². The zero-order chi connectivity index (χ0) is 14.7. The van der Waals surface area contributed by atoms with Crippen molar-refractivity contribution >= 4 is 5.91 Å². The number of nitrogens with zero attached hydrogens (tertiary/aromatic N) is 2. The molecule has 1 aromatic carbocycles. The maximum atomic E-state index is 12.6. The van der Waals surface area contributed by atoms with E-state index in [1.807, 2.05) is 35.2 Å². The number of carbonyl (C=O) groups is 1. The van der Waals surface area contributed by atoms with Crippen molar-refractivity contribution in [2.75, 3.05) is 26.3 Å². The lowest BCUT2D eigenvalue weighted by Gasteiger charge is -2.32. The Bertz CT molecular complexity index is 470. The van der Waals surface area contributed by atoms with E-state index >= 15 is 0 Å². The van der Waals surface area contributed by atoms with Crippen LogP contribution < -0.4 is 5.32 Å². The summed E-state index contributed by atoms with van der Waals surface area (Å²) in [5.41, 5.74) is 1.06. The van der Waals surface area contributed by atoms with Gasteiger partial charge in [0.25, 0.3) is 0 Å². The second-order valence-electron chi connectivity index (χ2n) is 6.22. The Labute approximate surface area is 127 Å². The smallest absolute Gasteiger partial charge is 0.245 e. The van der Waals surface area contributed by atoms with Crippen LogP contribution in [0.5, 0.6) is 0 Å². The highest BCUT2D eigenvalue weighted by molar-refractivity contribution is 5.85. The quantitative estimate of drug-likeness (QED) is 0.920. The second-order valence-corrected chi connectivity index (χ2v) is 6.22. The zero-order valence-electron chi connectivity index (χ0n) is 12.8. The van der Waals surface area contributed by atoms with E-state index in [9.17, 15) is 4.79 Å². The maximum absolute atomic E-state index is 12.6. The Kier molecular flexibility index (Phi) is 4.56. The minimum Gasteiger partial charge on any atom is -0.324 e. The molecule has 2 atom stereocenters. The highest BCUT2D eigenvalue weighted by atomic mass is 16.2. The fraction of sp³-hybridized carbons (Fsp3) is 0.588. The summed E-state index contributed by atoms with van der Waals surface area (Å²) in [6.45, 7) is 6.19. The van der Waals surface area contributed by atoms with Crippen molar-refractivity contribution in [3.8, 4) is 0 Å². The standard InChI is InChI=1S/C17H25N3O/c1-14(12-19-10-6-3-7-11-19)20-13-18-16(17(20)21)15-8-4-2-5-9-15/h2,4-5,8-9,14,16,18H,3,6-7,10-13H2,1H3. The first-order valence-electron chi connectivity index (χ1n) is 8.07. The summed E-state index contributed by atoms with van der Waals surface area (Å²) in [5, 5.41) is 3.35. The number of nitrogens with one attached hydrogen (secondary N) is 1. The first-order chi connectivity index (χ1) is 10.3. The average molecular weight is 287 g/mol. The minimum atomic E-state index is -0.171. The van der Waals surface area contributed by atoms with Gasteiger partial charge in [0.15, 0.2) is 0 Å². The third kappa shape index (κ3) is 3.27. The molecule has 0 aliphatic carbocycles. The molecule has 2 aliphatic rings. The molecule has 0 saturated carbocycles. The van der Waals surface area contributed by atoms with Crippen LogP contribution in [-0.4, -0.2) is 48.1 Å². The molecule has 2 heterocycles. The third-order valence-electron chi connectivity index (χ3n) is 4.63. The Hall–Kier alpha value is -1.39. The number of likely N-dealkylation sites (tertiary alicyclic amines) is 1. The number of carbonyl (C=O) groups excluding carboxylic acids is 1. The van der Waals surface area contributed by atoms with Gasteiger partial charge < -0.3 is 9.80 Å². The van der Waals surface area contributed by atoms with Gasteiger partial charge in [0.05, 0.1) is 6.67 Å². The fourth-order valence-corrected chi connectivity index (χ4v) is 3.41. The molecule has 2 unspecified atom stereocenters. The largest absolute Gasteiger partial charge is 0.324 e. The summed E-state index contributed by atoms with van der Waals surface area (Å²) in [5.74, 6) is 0.214. The molecule has 21 heavy (non-hydrogen) atoms. The third-order valence-corrected chi connectivity index (χ3v) is 4.63. The molecule has 1 N–H and O–H groups in total. The average Bonchev–Trinajstić information content (AvgIpc) is 2.91. The monoisotopic (exact) mass is 287 g/mol.